The number of hydrogen-bond acceptors (Lipinski definition) is 7. The number of rotatable bonds is 5. The Labute approximate surface area is 182 Å². The first-order valence-corrected chi connectivity index (χ1v) is 10.5. The van der Waals surface area contributed by atoms with Crippen LogP contribution in [0.2, 0.25) is 0 Å². The lowest BCUT2D eigenvalue weighted by atomic mass is 10.1. The molecule has 0 bridgehead atoms. The number of aryl methyl sites for hydroxylation is 1. The topological polar surface area (TPSA) is 105 Å². The predicted octanol–water partition coefficient (Wildman–Crippen LogP) is 3.11. The molecule has 0 aliphatic carbocycles. The van der Waals surface area contributed by atoms with Crippen molar-refractivity contribution < 1.29 is 9.53 Å². The Morgan fingerprint density at radius 3 is 2.90 bits per heavy atom. The molecule has 0 saturated carbocycles. The van der Waals surface area contributed by atoms with E-state index in [1.165, 1.54) is 12.7 Å². The van der Waals surface area contributed by atoms with Crippen molar-refractivity contribution in [2.45, 2.75) is 32.4 Å². The molecule has 8 nitrogen and oxygen atoms in total. The maximum absolute atomic E-state index is 13.0. The first-order chi connectivity index (χ1) is 15.1. The highest BCUT2D eigenvalue weighted by Crippen LogP contribution is 2.33. The molecule has 2 aromatic rings. The van der Waals surface area contributed by atoms with Crippen LogP contribution in [0.25, 0.3) is 0 Å². The number of nitrogen functional groups attached to an aromatic ring is 1. The van der Waals surface area contributed by atoms with Crippen LogP contribution < -0.4 is 21.3 Å². The van der Waals surface area contributed by atoms with E-state index in [4.69, 9.17) is 10.5 Å². The average molecular weight is 421 g/mol. The number of nitrogens with two attached hydrogens (primary N) is 1. The van der Waals surface area contributed by atoms with E-state index in [0.717, 1.165) is 48.3 Å². The minimum atomic E-state index is -0.417. The van der Waals surface area contributed by atoms with E-state index in [0.29, 0.717) is 17.1 Å². The number of carbonyl (C=O) groups is 1. The summed E-state index contributed by atoms with van der Waals surface area (Å²) in [5.74, 6) is -0.267. The highest BCUT2D eigenvalue weighted by atomic mass is 16.5. The van der Waals surface area contributed by atoms with Crippen LogP contribution in [0.3, 0.4) is 0 Å². The number of pyridine rings is 1. The number of nitrogens with zero attached hydrogens (tertiary/aromatic N) is 3. The average Bonchev–Trinajstić information content (AvgIpc) is 3.27. The third kappa shape index (κ3) is 4.47. The van der Waals surface area contributed by atoms with Gasteiger partial charge in [0, 0.05) is 55.6 Å². The van der Waals surface area contributed by atoms with E-state index in [1.54, 1.807) is 25.7 Å². The van der Waals surface area contributed by atoms with Crippen LogP contribution in [0.1, 0.15) is 42.2 Å². The standard InChI is InChI=1S/C23H28N6O2/c1-15-12-26-7-6-17(15)23-28-20(14-31-23)22(30)27-19-10-16(13-25-2)18(24)11-21(19)29-8-4-3-5-9-29/h6-7,10-14,23,28H,3-5,8-9,24H2,1-2H3,(H,27,30). The molecule has 8 heteroatoms. The van der Waals surface area contributed by atoms with Crippen molar-refractivity contribution in [3.8, 4) is 0 Å². The lowest BCUT2D eigenvalue weighted by molar-refractivity contribution is -0.113. The number of carbonyl (C=O) groups excluding carboxylic acids is 1. The van der Waals surface area contributed by atoms with Gasteiger partial charge in [0.2, 0.25) is 0 Å². The minimum absolute atomic E-state index is 0.267. The molecular formula is C23H28N6O2. The van der Waals surface area contributed by atoms with Crippen LogP contribution >= 0.6 is 0 Å². The van der Waals surface area contributed by atoms with Crippen LogP contribution in [-0.4, -0.2) is 37.2 Å². The molecule has 1 fully saturated rings. The second-order valence-corrected chi connectivity index (χ2v) is 7.81. The van der Waals surface area contributed by atoms with Gasteiger partial charge in [0.25, 0.3) is 5.91 Å². The number of ether oxygens (including phenoxy) is 1. The first kappa shape index (κ1) is 20.7. The highest BCUT2D eigenvalue weighted by molar-refractivity contribution is 6.06. The first-order valence-electron chi connectivity index (χ1n) is 10.5. The molecule has 0 spiro atoms. The summed E-state index contributed by atoms with van der Waals surface area (Å²) in [5, 5.41) is 6.19. The Bertz CT molecular complexity index is 1030. The number of benzene rings is 1. The molecule has 4 N–H and O–H groups in total. The number of hydrogen-bond donors (Lipinski definition) is 3. The van der Waals surface area contributed by atoms with E-state index in [9.17, 15) is 4.79 Å². The van der Waals surface area contributed by atoms with E-state index < -0.39 is 6.23 Å². The normalized spacial score (nSPS) is 18.5. The smallest absolute Gasteiger partial charge is 0.275 e. The van der Waals surface area contributed by atoms with Crippen molar-refractivity contribution in [1.29, 1.82) is 0 Å². The molecule has 31 heavy (non-hydrogen) atoms. The van der Waals surface area contributed by atoms with Crippen molar-refractivity contribution in [2.24, 2.45) is 4.99 Å². The van der Waals surface area contributed by atoms with Gasteiger partial charge in [0.05, 0.1) is 11.4 Å². The number of nitrogens with one attached hydrogen (secondary N) is 2. The van der Waals surface area contributed by atoms with Gasteiger partial charge < -0.3 is 26.0 Å². The van der Waals surface area contributed by atoms with Gasteiger partial charge >= 0.3 is 0 Å². The second kappa shape index (κ2) is 9.07. The molecule has 1 unspecified atom stereocenters. The third-order valence-electron chi connectivity index (χ3n) is 5.61. The summed E-state index contributed by atoms with van der Waals surface area (Å²) < 4.78 is 5.71. The van der Waals surface area contributed by atoms with Crippen molar-refractivity contribution >= 4 is 29.2 Å². The molecule has 1 aromatic carbocycles. The highest BCUT2D eigenvalue weighted by Gasteiger charge is 2.26. The maximum atomic E-state index is 13.0. The molecule has 162 valence electrons. The fourth-order valence-electron chi connectivity index (χ4n) is 3.95. The van der Waals surface area contributed by atoms with Crippen LogP contribution in [-0.2, 0) is 9.53 Å². The summed E-state index contributed by atoms with van der Waals surface area (Å²) in [6.07, 6.45) is 9.70. The summed E-state index contributed by atoms with van der Waals surface area (Å²) in [6.45, 7) is 3.84. The van der Waals surface area contributed by atoms with Gasteiger partial charge in [-0.05, 0) is 49.9 Å². The molecule has 0 radical (unpaired) electrons. The molecule has 2 aliphatic heterocycles. The summed E-state index contributed by atoms with van der Waals surface area (Å²) in [4.78, 5) is 23.5. The summed E-state index contributed by atoms with van der Waals surface area (Å²) >= 11 is 0. The van der Waals surface area contributed by atoms with Crippen LogP contribution in [0.4, 0.5) is 17.1 Å². The zero-order valence-electron chi connectivity index (χ0n) is 17.9. The molecule has 2 aliphatic rings. The molecule has 4 rings (SSSR count). The quantitative estimate of drug-likeness (QED) is 0.507. The number of piperidine rings is 1. The van der Waals surface area contributed by atoms with E-state index in [1.807, 2.05) is 25.1 Å². The van der Waals surface area contributed by atoms with Crippen LogP contribution in [0.15, 0.2) is 47.5 Å². The van der Waals surface area contributed by atoms with Crippen LogP contribution in [0, 0.1) is 6.92 Å². The van der Waals surface area contributed by atoms with Crippen molar-refractivity contribution in [2.75, 3.05) is 36.1 Å². The fourth-order valence-corrected chi connectivity index (χ4v) is 3.95. The Kier molecular flexibility index (Phi) is 6.06. The summed E-state index contributed by atoms with van der Waals surface area (Å²) in [7, 11) is 1.70. The number of anilines is 3. The van der Waals surface area contributed by atoms with Gasteiger partial charge in [0.15, 0.2) is 6.23 Å². The number of aliphatic imine (C=N–C) groups is 1. The van der Waals surface area contributed by atoms with Gasteiger partial charge in [-0.1, -0.05) is 0 Å². The molecule has 3 heterocycles. The monoisotopic (exact) mass is 420 g/mol. The van der Waals surface area contributed by atoms with Gasteiger partial charge in [-0.3, -0.25) is 14.8 Å². The molecule has 1 aromatic heterocycles. The summed E-state index contributed by atoms with van der Waals surface area (Å²) in [5.41, 5.74) is 11.6. The van der Waals surface area contributed by atoms with Gasteiger partial charge in [0.1, 0.15) is 12.0 Å². The van der Waals surface area contributed by atoms with Crippen molar-refractivity contribution in [3.05, 3.63) is 59.2 Å². The Balaban J connectivity index is 1.55. The summed E-state index contributed by atoms with van der Waals surface area (Å²) in [6, 6.07) is 5.69. The van der Waals surface area contributed by atoms with E-state index >= 15 is 0 Å². The largest absolute Gasteiger partial charge is 0.472 e. The Morgan fingerprint density at radius 2 is 2.16 bits per heavy atom. The fraction of sp³-hybridized carbons (Fsp3) is 0.348. The second-order valence-electron chi connectivity index (χ2n) is 7.81. The predicted molar refractivity (Wildman–Crippen MR) is 123 cm³/mol. The van der Waals surface area contributed by atoms with Gasteiger partial charge in [-0.2, -0.15) is 0 Å². The zero-order valence-corrected chi connectivity index (χ0v) is 17.9. The SMILES string of the molecule is CN=Cc1cc(NC(=O)C2=COC(c3ccncc3C)N2)c(N2CCCCC2)cc1N. The van der Waals surface area contributed by atoms with E-state index in [-0.39, 0.29) is 5.91 Å². The lowest BCUT2D eigenvalue weighted by Gasteiger charge is -2.31. The molecule has 1 saturated heterocycles. The van der Waals surface area contributed by atoms with Gasteiger partial charge in [-0.25, -0.2) is 0 Å². The van der Waals surface area contributed by atoms with E-state index in [2.05, 4.69) is 25.5 Å². The maximum Gasteiger partial charge on any atom is 0.275 e. The lowest BCUT2D eigenvalue weighted by Crippen LogP contribution is -2.31. The zero-order chi connectivity index (χ0) is 21.8. The third-order valence-corrected chi connectivity index (χ3v) is 5.61. The number of amides is 1. The van der Waals surface area contributed by atoms with Crippen LogP contribution in [0.5, 0.6) is 0 Å². The van der Waals surface area contributed by atoms with Crippen molar-refractivity contribution in [1.82, 2.24) is 10.3 Å². The Hall–Kier alpha value is -3.55. The Morgan fingerprint density at radius 1 is 1.35 bits per heavy atom. The van der Waals surface area contributed by atoms with Crippen molar-refractivity contribution in [3.63, 3.8) is 0 Å². The molecular weight excluding hydrogens is 392 g/mol. The molecule has 1 atom stereocenters. The number of aromatic nitrogens is 1. The molecule has 1 amide bonds. The minimum Gasteiger partial charge on any atom is -0.472 e. The van der Waals surface area contributed by atoms with Gasteiger partial charge in [-0.15, -0.1) is 0 Å².